The lowest BCUT2D eigenvalue weighted by molar-refractivity contribution is 0.470. The van der Waals surface area contributed by atoms with Gasteiger partial charge in [0.1, 0.15) is 0 Å². The van der Waals surface area contributed by atoms with Crippen LogP contribution >= 0.6 is 0 Å². The minimum atomic E-state index is -3.92. The molecule has 0 N–H and O–H groups in total. The molecule has 0 saturated carbocycles. The first-order chi connectivity index (χ1) is 12.6. The maximum atomic E-state index is 9.08. The van der Waals surface area contributed by atoms with Crippen LogP contribution in [0.5, 0.6) is 0 Å². The van der Waals surface area contributed by atoms with E-state index in [1.54, 1.807) is 0 Å². The second-order valence-corrected chi connectivity index (χ2v) is 9.88. The minimum Gasteiger partial charge on any atom is -0.748 e. The molecule has 3 nitrogen and oxygen atoms in total. The van der Waals surface area contributed by atoms with Gasteiger partial charge in [-0.1, -0.05) is 53.1 Å². The average molecular weight is 401 g/mol. The van der Waals surface area contributed by atoms with Gasteiger partial charge in [0, 0.05) is 6.26 Å². The summed E-state index contributed by atoms with van der Waals surface area (Å²) in [6, 6.07) is 26.8. The largest absolute Gasteiger partial charge is 0.748 e. The highest BCUT2D eigenvalue weighted by atomic mass is 32.2. The van der Waals surface area contributed by atoms with Gasteiger partial charge < -0.3 is 4.55 Å². The Morgan fingerprint density at radius 1 is 0.593 bits per heavy atom. The lowest BCUT2D eigenvalue weighted by atomic mass is 10.2. The molecule has 3 rings (SSSR count). The Morgan fingerprint density at radius 3 is 0.963 bits per heavy atom. The van der Waals surface area contributed by atoms with Gasteiger partial charge in [0.2, 0.25) is 0 Å². The third-order valence-electron chi connectivity index (χ3n) is 3.77. The van der Waals surface area contributed by atoms with Crippen LogP contribution in [0.2, 0.25) is 0 Å². The van der Waals surface area contributed by atoms with Crippen molar-refractivity contribution >= 4 is 21.0 Å². The molecule has 3 aromatic carbocycles. The van der Waals surface area contributed by atoms with Gasteiger partial charge in [-0.25, -0.2) is 8.42 Å². The number of hydrogen-bond donors (Lipinski definition) is 0. The summed E-state index contributed by atoms with van der Waals surface area (Å²) in [5.41, 5.74) is 3.92. The van der Waals surface area contributed by atoms with Crippen LogP contribution < -0.4 is 0 Å². The van der Waals surface area contributed by atoms with Crippen molar-refractivity contribution in [3.05, 3.63) is 89.5 Å². The highest BCUT2D eigenvalue weighted by Gasteiger charge is 2.28. The van der Waals surface area contributed by atoms with Crippen molar-refractivity contribution in [2.75, 3.05) is 6.26 Å². The normalized spacial score (nSPS) is 11.0. The molecule has 0 fully saturated rings. The maximum absolute atomic E-state index is 9.08. The first-order valence-corrected chi connectivity index (χ1v) is 11.5. The van der Waals surface area contributed by atoms with Crippen molar-refractivity contribution in [2.24, 2.45) is 0 Å². The van der Waals surface area contributed by atoms with Gasteiger partial charge in [0.05, 0.1) is 21.0 Å². The third kappa shape index (κ3) is 7.21. The quantitative estimate of drug-likeness (QED) is 0.466. The molecular weight excluding hydrogens is 376 g/mol. The molecule has 0 unspecified atom stereocenters. The van der Waals surface area contributed by atoms with Crippen LogP contribution in [-0.2, 0) is 21.0 Å². The van der Waals surface area contributed by atoms with Crippen LogP contribution in [-0.4, -0.2) is 19.2 Å². The third-order valence-corrected chi connectivity index (χ3v) is 6.00. The lowest BCUT2D eigenvalue weighted by Crippen LogP contribution is -2.04. The van der Waals surface area contributed by atoms with E-state index in [1.165, 1.54) is 31.4 Å². The zero-order valence-electron chi connectivity index (χ0n) is 16.0. The molecule has 5 heteroatoms. The SMILES string of the molecule is CS(=O)(=O)[O-].Cc1ccc([S+](c2ccc(C)cc2)c2ccc(C)cc2)cc1. The minimum absolute atomic E-state index is 0.0394. The fourth-order valence-electron chi connectivity index (χ4n) is 2.43. The molecule has 0 heterocycles. The zero-order valence-corrected chi connectivity index (χ0v) is 17.6. The number of rotatable bonds is 3. The van der Waals surface area contributed by atoms with E-state index in [9.17, 15) is 0 Å². The standard InChI is InChI=1S/C21H21S.CH4O3S/c1-16-4-10-19(11-5-16)22(20-12-6-17(2)7-13-20)21-14-8-18(3)9-15-21;1-5(2,3)4/h4-15H,1-3H3;1H3,(H,2,3,4)/q+1;/p-1. The Hall–Kier alpha value is -2.08. The van der Waals surface area contributed by atoms with Crippen molar-refractivity contribution < 1.29 is 13.0 Å². The molecule has 0 amide bonds. The molecule has 0 spiro atoms. The van der Waals surface area contributed by atoms with Crippen LogP contribution in [0.25, 0.3) is 0 Å². The van der Waals surface area contributed by atoms with Crippen LogP contribution in [0.1, 0.15) is 16.7 Å². The summed E-state index contributed by atoms with van der Waals surface area (Å²) in [4.78, 5) is 4.12. The predicted octanol–water partition coefficient (Wildman–Crippen LogP) is 4.87. The van der Waals surface area contributed by atoms with E-state index in [-0.39, 0.29) is 10.9 Å². The van der Waals surface area contributed by atoms with E-state index in [4.69, 9.17) is 13.0 Å². The highest BCUT2D eigenvalue weighted by Crippen LogP contribution is 2.31. The molecule has 27 heavy (non-hydrogen) atoms. The monoisotopic (exact) mass is 400 g/mol. The topological polar surface area (TPSA) is 57.2 Å². The average Bonchev–Trinajstić information content (AvgIpc) is 2.59. The van der Waals surface area contributed by atoms with E-state index < -0.39 is 10.1 Å². The smallest absolute Gasteiger partial charge is 0.166 e. The van der Waals surface area contributed by atoms with Crippen molar-refractivity contribution in [1.82, 2.24) is 0 Å². The van der Waals surface area contributed by atoms with Gasteiger partial charge in [-0.3, -0.25) is 0 Å². The summed E-state index contributed by atoms with van der Waals surface area (Å²) in [7, 11) is -3.96. The van der Waals surface area contributed by atoms with Crippen LogP contribution in [0, 0.1) is 20.8 Å². The summed E-state index contributed by atoms with van der Waals surface area (Å²) in [6.07, 6.45) is 0.604. The Labute approximate surface area is 165 Å². The van der Waals surface area contributed by atoms with Crippen molar-refractivity contribution in [2.45, 2.75) is 35.5 Å². The van der Waals surface area contributed by atoms with E-state index in [1.807, 2.05) is 0 Å². The van der Waals surface area contributed by atoms with Gasteiger partial charge in [-0.15, -0.1) is 0 Å². The first kappa shape index (κ1) is 21.2. The highest BCUT2D eigenvalue weighted by molar-refractivity contribution is 7.97. The number of benzene rings is 3. The molecule has 0 radical (unpaired) electrons. The van der Waals surface area contributed by atoms with Crippen LogP contribution in [0.3, 0.4) is 0 Å². The van der Waals surface area contributed by atoms with Crippen LogP contribution in [0.4, 0.5) is 0 Å². The molecule has 0 bridgehead atoms. The summed E-state index contributed by atoms with van der Waals surface area (Å²) in [5, 5.41) is 0. The van der Waals surface area contributed by atoms with Crippen molar-refractivity contribution in [1.29, 1.82) is 0 Å². The Balaban J connectivity index is 0.000000465. The Kier molecular flexibility index (Phi) is 7.25. The second kappa shape index (κ2) is 9.22. The molecule has 0 atom stereocenters. The molecular formula is C22H24O3S2. The molecule has 0 aliphatic rings. The van der Waals surface area contributed by atoms with Gasteiger partial charge >= 0.3 is 0 Å². The Bertz CT molecular complexity index is 843. The summed E-state index contributed by atoms with van der Waals surface area (Å²) >= 11 is 0. The summed E-state index contributed by atoms with van der Waals surface area (Å²) in [6.45, 7) is 6.42. The van der Waals surface area contributed by atoms with Gasteiger partial charge in [-0.05, 0) is 57.2 Å². The summed E-state index contributed by atoms with van der Waals surface area (Å²) < 4.78 is 27.2. The Morgan fingerprint density at radius 2 is 0.778 bits per heavy atom. The lowest BCUT2D eigenvalue weighted by Gasteiger charge is -2.09. The molecule has 0 saturated heterocycles. The number of aryl methyl sites for hydroxylation is 3. The fourth-order valence-corrected chi connectivity index (χ4v) is 4.47. The fraction of sp³-hybridized carbons (Fsp3) is 0.182. The van der Waals surface area contributed by atoms with Crippen LogP contribution in [0.15, 0.2) is 87.5 Å². The number of hydrogen-bond acceptors (Lipinski definition) is 3. The molecule has 3 aromatic rings. The van der Waals surface area contributed by atoms with Crippen molar-refractivity contribution in [3.8, 4) is 0 Å². The maximum Gasteiger partial charge on any atom is 0.166 e. The second-order valence-electron chi connectivity index (χ2n) is 6.45. The first-order valence-electron chi connectivity index (χ1n) is 8.48. The van der Waals surface area contributed by atoms with Gasteiger partial charge in [0.25, 0.3) is 0 Å². The van der Waals surface area contributed by atoms with E-state index in [2.05, 4.69) is 93.6 Å². The van der Waals surface area contributed by atoms with E-state index >= 15 is 0 Å². The van der Waals surface area contributed by atoms with Gasteiger partial charge in [0.15, 0.2) is 14.7 Å². The predicted molar refractivity (Wildman–Crippen MR) is 111 cm³/mol. The molecule has 142 valence electrons. The van der Waals surface area contributed by atoms with Crippen molar-refractivity contribution in [3.63, 3.8) is 0 Å². The zero-order chi connectivity index (χ0) is 20.0. The molecule has 0 aliphatic heterocycles. The van der Waals surface area contributed by atoms with Gasteiger partial charge in [-0.2, -0.15) is 0 Å². The molecule has 0 aliphatic carbocycles. The summed E-state index contributed by atoms with van der Waals surface area (Å²) in [5.74, 6) is 0. The molecule has 0 aromatic heterocycles. The van der Waals surface area contributed by atoms with E-state index in [0.717, 1.165) is 0 Å². The van der Waals surface area contributed by atoms with E-state index in [0.29, 0.717) is 6.26 Å².